The molecule has 2 fully saturated rings. The van der Waals surface area contributed by atoms with Gasteiger partial charge in [0.1, 0.15) is 11.8 Å². The zero-order valence-corrected chi connectivity index (χ0v) is 17.9. The van der Waals surface area contributed by atoms with Crippen molar-refractivity contribution in [2.24, 2.45) is 4.99 Å². The van der Waals surface area contributed by atoms with E-state index in [-0.39, 0.29) is 12.1 Å². The number of pyridine rings is 1. The van der Waals surface area contributed by atoms with Gasteiger partial charge in [0.05, 0.1) is 24.0 Å². The number of benzene rings is 1. The van der Waals surface area contributed by atoms with E-state index >= 15 is 0 Å². The SMILES string of the molecule is CCOc1cc(C2C(c3ccccn3)N=C3SC(C)CN32)ccc1N1CCCC1. The summed E-state index contributed by atoms with van der Waals surface area (Å²) >= 11 is 1.88. The molecule has 0 spiro atoms. The first kappa shape index (κ1) is 18.8. The van der Waals surface area contributed by atoms with Crippen molar-refractivity contribution in [2.75, 3.05) is 31.1 Å². The topological polar surface area (TPSA) is 41.0 Å². The molecule has 0 amide bonds. The largest absolute Gasteiger partial charge is 0.492 e. The van der Waals surface area contributed by atoms with Crippen molar-refractivity contribution < 1.29 is 4.74 Å². The Hall–Kier alpha value is -2.21. The van der Waals surface area contributed by atoms with E-state index in [9.17, 15) is 0 Å². The van der Waals surface area contributed by atoms with E-state index in [0.29, 0.717) is 11.9 Å². The third-order valence-electron chi connectivity index (χ3n) is 5.95. The van der Waals surface area contributed by atoms with Crippen LogP contribution in [0.4, 0.5) is 5.69 Å². The molecule has 0 aliphatic carbocycles. The van der Waals surface area contributed by atoms with E-state index in [4.69, 9.17) is 9.73 Å². The van der Waals surface area contributed by atoms with E-state index in [1.807, 2.05) is 24.0 Å². The average molecular weight is 409 g/mol. The summed E-state index contributed by atoms with van der Waals surface area (Å²) in [5, 5.41) is 1.72. The first-order valence-corrected chi connectivity index (χ1v) is 11.6. The first-order chi connectivity index (χ1) is 14.2. The highest BCUT2D eigenvalue weighted by Crippen LogP contribution is 2.48. The van der Waals surface area contributed by atoms with E-state index < -0.39 is 0 Å². The van der Waals surface area contributed by atoms with Gasteiger partial charge in [-0.15, -0.1) is 0 Å². The number of ether oxygens (including phenoxy) is 1. The molecule has 3 aliphatic heterocycles. The Morgan fingerprint density at radius 1 is 1.17 bits per heavy atom. The molecule has 6 heteroatoms. The molecule has 5 nitrogen and oxygen atoms in total. The summed E-state index contributed by atoms with van der Waals surface area (Å²) in [6.45, 7) is 8.28. The number of thioether (sulfide) groups is 1. The summed E-state index contributed by atoms with van der Waals surface area (Å²) in [6, 6.07) is 13.1. The van der Waals surface area contributed by atoms with Crippen LogP contribution in [-0.2, 0) is 0 Å². The van der Waals surface area contributed by atoms with Crippen LogP contribution < -0.4 is 9.64 Å². The molecule has 0 radical (unpaired) electrons. The standard InChI is InChI=1S/C23H28N4OS/c1-3-28-20-14-17(9-10-19(20)26-12-6-7-13-26)22-21(18-8-4-5-11-24-18)25-23-27(22)15-16(2)29-23/h4-5,8-11,14,16,21-22H,3,6-7,12-13,15H2,1-2H3. The Labute approximate surface area is 177 Å². The Balaban J connectivity index is 1.54. The maximum absolute atomic E-state index is 6.10. The number of aliphatic imine (C=N–C) groups is 1. The van der Waals surface area contributed by atoms with Crippen molar-refractivity contribution in [1.29, 1.82) is 0 Å². The molecular formula is C23H28N4OS. The Morgan fingerprint density at radius 2 is 2.03 bits per heavy atom. The molecule has 2 aromatic rings. The smallest absolute Gasteiger partial charge is 0.160 e. The van der Waals surface area contributed by atoms with Crippen LogP contribution in [0.3, 0.4) is 0 Å². The van der Waals surface area contributed by atoms with Gasteiger partial charge in [-0.3, -0.25) is 9.98 Å². The minimum atomic E-state index is 0.0262. The molecule has 0 N–H and O–H groups in total. The predicted molar refractivity (Wildman–Crippen MR) is 120 cm³/mol. The van der Waals surface area contributed by atoms with Crippen molar-refractivity contribution >= 4 is 22.6 Å². The lowest BCUT2D eigenvalue weighted by Gasteiger charge is -2.29. The molecule has 5 rings (SSSR count). The summed E-state index contributed by atoms with van der Waals surface area (Å²) in [6.07, 6.45) is 4.39. The van der Waals surface area contributed by atoms with Crippen molar-refractivity contribution in [1.82, 2.24) is 9.88 Å². The molecule has 0 saturated carbocycles. The number of aromatic nitrogens is 1. The van der Waals surface area contributed by atoms with Crippen LogP contribution in [0, 0.1) is 0 Å². The number of hydrogen-bond donors (Lipinski definition) is 0. The Morgan fingerprint density at radius 3 is 2.79 bits per heavy atom. The summed E-state index contributed by atoms with van der Waals surface area (Å²) in [5.74, 6) is 1.00. The average Bonchev–Trinajstić information content (AvgIpc) is 3.45. The Bertz CT molecular complexity index is 897. The molecule has 3 atom stereocenters. The van der Waals surface area contributed by atoms with Crippen molar-refractivity contribution in [3.63, 3.8) is 0 Å². The second-order valence-electron chi connectivity index (χ2n) is 7.99. The second kappa shape index (κ2) is 7.90. The predicted octanol–water partition coefficient (Wildman–Crippen LogP) is 4.67. The summed E-state index contributed by atoms with van der Waals surface area (Å²) in [7, 11) is 0. The van der Waals surface area contributed by atoms with Crippen LogP contribution in [0.5, 0.6) is 5.75 Å². The minimum absolute atomic E-state index is 0.0262. The molecule has 0 bridgehead atoms. The number of rotatable bonds is 5. The van der Waals surface area contributed by atoms with Gasteiger partial charge in [0, 0.05) is 31.1 Å². The first-order valence-electron chi connectivity index (χ1n) is 10.7. The highest BCUT2D eigenvalue weighted by molar-refractivity contribution is 8.14. The number of hydrogen-bond acceptors (Lipinski definition) is 6. The van der Waals surface area contributed by atoms with Gasteiger partial charge in [0.15, 0.2) is 5.17 Å². The normalized spacial score (nSPS) is 26.0. The van der Waals surface area contributed by atoms with E-state index in [2.05, 4.69) is 59.0 Å². The van der Waals surface area contributed by atoms with Gasteiger partial charge in [-0.2, -0.15) is 0 Å². The zero-order valence-electron chi connectivity index (χ0n) is 17.1. The van der Waals surface area contributed by atoms with Gasteiger partial charge >= 0.3 is 0 Å². The highest BCUT2D eigenvalue weighted by atomic mass is 32.2. The van der Waals surface area contributed by atoms with Crippen molar-refractivity contribution in [3.8, 4) is 5.75 Å². The van der Waals surface area contributed by atoms with Crippen molar-refractivity contribution in [2.45, 2.75) is 44.0 Å². The second-order valence-corrected chi connectivity index (χ2v) is 9.40. The molecule has 3 unspecified atom stereocenters. The van der Waals surface area contributed by atoms with Crippen LogP contribution in [0.2, 0.25) is 0 Å². The lowest BCUT2D eigenvalue weighted by Crippen LogP contribution is -2.28. The number of fused-ring (bicyclic) bond motifs is 1. The monoisotopic (exact) mass is 408 g/mol. The minimum Gasteiger partial charge on any atom is -0.492 e. The number of anilines is 1. The zero-order chi connectivity index (χ0) is 19.8. The fourth-order valence-corrected chi connectivity index (χ4v) is 5.78. The fraction of sp³-hybridized carbons (Fsp3) is 0.478. The van der Waals surface area contributed by atoms with Crippen LogP contribution >= 0.6 is 11.8 Å². The van der Waals surface area contributed by atoms with Crippen LogP contribution in [0.25, 0.3) is 0 Å². The molecule has 2 saturated heterocycles. The lowest BCUT2D eigenvalue weighted by atomic mass is 9.95. The Kier molecular flexibility index (Phi) is 5.12. The number of amidine groups is 1. The lowest BCUT2D eigenvalue weighted by molar-refractivity contribution is 0.316. The van der Waals surface area contributed by atoms with Crippen molar-refractivity contribution in [3.05, 3.63) is 53.9 Å². The van der Waals surface area contributed by atoms with Gasteiger partial charge < -0.3 is 14.5 Å². The van der Waals surface area contributed by atoms with Gasteiger partial charge in [-0.25, -0.2) is 0 Å². The summed E-state index contributed by atoms with van der Waals surface area (Å²) in [5.41, 5.74) is 3.53. The molecule has 152 valence electrons. The highest BCUT2D eigenvalue weighted by Gasteiger charge is 2.43. The molecule has 1 aromatic heterocycles. The quantitative estimate of drug-likeness (QED) is 0.719. The van der Waals surface area contributed by atoms with Gasteiger partial charge in [-0.1, -0.05) is 30.8 Å². The van der Waals surface area contributed by atoms with Gasteiger partial charge in [0.25, 0.3) is 0 Å². The van der Waals surface area contributed by atoms with Gasteiger partial charge in [0.2, 0.25) is 0 Å². The molecule has 3 aliphatic rings. The molecule has 4 heterocycles. The van der Waals surface area contributed by atoms with Crippen LogP contribution in [-0.4, -0.2) is 46.5 Å². The van der Waals surface area contributed by atoms with E-state index in [1.165, 1.54) is 24.1 Å². The van der Waals surface area contributed by atoms with Crippen LogP contribution in [0.1, 0.15) is 50.0 Å². The maximum Gasteiger partial charge on any atom is 0.160 e. The number of nitrogens with zero attached hydrogens (tertiary/aromatic N) is 4. The maximum atomic E-state index is 6.10. The van der Waals surface area contributed by atoms with Gasteiger partial charge in [-0.05, 0) is 49.6 Å². The summed E-state index contributed by atoms with van der Waals surface area (Å²) < 4.78 is 6.10. The molecule has 29 heavy (non-hydrogen) atoms. The fourth-order valence-electron chi connectivity index (χ4n) is 4.68. The van der Waals surface area contributed by atoms with E-state index in [0.717, 1.165) is 36.2 Å². The summed E-state index contributed by atoms with van der Waals surface area (Å²) in [4.78, 5) is 14.7. The molecular weight excluding hydrogens is 380 g/mol. The van der Waals surface area contributed by atoms with E-state index in [1.54, 1.807) is 0 Å². The van der Waals surface area contributed by atoms with Crippen LogP contribution in [0.15, 0.2) is 47.6 Å². The third kappa shape index (κ3) is 3.48. The molecule has 1 aromatic carbocycles. The third-order valence-corrected chi connectivity index (χ3v) is 7.06.